The molecule has 1 N–H and O–H groups in total. The Morgan fingerprint density at radius 1 is 1.11 bits per heavy atom. The Hall–Kier alpha value is -3.34. The molecule has 35 heavy (non-hydrogen) atoms. The summed E-state index contributed by atoms with van der Waals surface area (Å²) < 4.78 is 2.18. The Labute approximate surface area is 210 Å². The molecule has 2 aromatic carbocycles. The lowest BCUT2D eigenvalue weighted by Crippen LogP contribution is -2.40. The van der Waals surface area contributed by atoms with Crippen molar-refractivity contribution in [3.8, 4) is 6.19 Å². The van der Waals surface area contributed by atoms with Gasteiger partial charge >= 0.3 is 0 Å². The molecule has 1 atom stereocenters. The number of rotatable bonds is 6. The molecule has 3 heterocycles. The van der Waals surface area contributed by atoms with Gasteiger partial charge in [0.15, 0.2) is 6.19 Å². The minimum atomic E-state index is -0.463. The fourth-order valence-corrected chi connectivity index (χ4v) is 5.32. The summed E-state index contributed by atoms with van der Waals surface area (Å²) in [4.78, 5) is 21.9. The molecule has 1 aromatic heterocycles. The van der Waals surface area contributed by atoms with Crippen molar-refractivity contribution in [1.82, 2.24) is 19.8 Å². The zero-order valence-corrected chi connectivity index (χ0v) is 20.4. The molecular formula is C27H29ClN6O. The molecule has 0 aliphatic carbocycles. The van der Waals surface area contributed by atoms with Crippen LogP contribution in [0, 0.1) is 17.4 Å². The second-order valence-corrected chi connectivity index (χ2v) is 9.74. The van der Waals surface area contributed by atoms with Crippen LogP contribution in [-0.4, -0.2) is 40.0 Å². The summed E-state index contributed by atoms with van der Waals surface area (Å²) >= 11 is 6.24. The molecule has 2 aliphatic rings. The van der Waals surface area contributed by atoms with Gasteiger partial charge in [0.1, 0.15) is 6.04 Å². The number of benzene rings is 2. The van der Waals surface area contributed by atoms with E-state index in [4.69, 9.17) is 16.9 Å². The fraction of sp³-hybridized carbons (Fsp3) is 0.370. The van der Waals surface area contributed by atoms with E-state index >= 15 is 0 Å². The molecule has 0 spiro atoms. The number of imidazole rings is 1. The third kappa shape index (κ3) is 5.19. The third-order valence-corrected chi connectivity index (χ3v) is 7.34. The Kier molecular flexibility index (Phi) is 7.03. The highest BCUT2D eigenvalue weighted by atomic mass is 35.5. The molecule has 0 saturated carbocycles. The average Bonchev–Trinajstić information content (AvgIpc) is 3.26. The van der Waals surface area contributed by atoms with Crippen molar-refractivity contribution in [1.29, 1.82) is 5.26 Å². The molecule has 0 bridgehead atoms. The van der Waals surface area contributed by atoms with Crippen molar-refractivity contribution in [2.45, 2.75) is 38.4 Å². The summed E-state index contributed by atoms with van der Waals surface area (Å²) in [6.45, 7) is 3.64. The monoisotopic (exact) mass is 488 g/mol. The first-order chi connectivity index (χ1) is 17.1. The van der Waals surface area contributed by atoms with Crippen molar-refractivity contribution in [2.24, 2.45) is 5.92 Å². The van der Waals surface area contributed by atoms with Crippen molar-refractivity contribution in [3.63, 3.8) is 0 Å². The van der Waals surface area contributed by atoms with Crippen LogP contribution in [0.1, 0.15) is 35.7 Å². The summed E-state index contributed by atoms with van der Waals surface area (Å²) in [6, 6.07) is 15.2. The maximum Gasteiger partial charge on any atom is 0.248 e. The van der Waals surface area contributed by atoms with E-state index in [1.54, 1.807) is 0 Å². The molecule has 1 fully saturated rings. The molecule has 3 aromatic rings. The zero-order chi connectivity index (χ0) is 24.2. The number of carbonyl (C=O) groups is 1. The minimum Gasteiger partial charge on any atom is -0.333 e. The predicted octanol–water partition coefficient (Wildman–Crippen LogP) is 4.15. The van der Waals surface area contributed by atoms with E-state index in [1.807, 2.05) is 64.8 Å². The normalized spacial score (nSPS) is 18.7. The second-order valence-electron chi connectivity index (χ2n) is 9.30. The van der Waals surface area contributed by atoms with E-state index in [2.05, 4.69) is 27.1 Å². The van der Waals surface area contributed by atoms with Gasteiger partial charge in [-0.25, -0.2) is 4.98 Å². The molecule has 5 rings (SSSR count). The fourth-order valence-electron chi connectivity index (χ4n) is 5.13. The molecule has 7 nitrogen and oxygen atoms in total. The molecule has 1 amide bonds. The highest BCUT2D eigenvalue weighted by Crippen LogP contribution is 2.30. The smallest absolute Gasteiger partial charge is 0.248 e. The summed E-state index contributed by atoms with van der Waals surface area (Å²) in [6.07, 6.45) is 8.78. The van der Waals surface area contributed by atoms with Gasteiger partial charge in [-0.05, 0) is 54.5 Å². The lowest BCUT2D eigenvalue weighted by atomic mass is 9.97. The highest BCUT2D eigenvalue weighted by Gasteiger charge is 2.31. The molecule has 0 radical (unpaired) electrons. The van der Waals surface area contributed by atoms with Gasteiger partial charge in [-0.15, -0.1) is 0 Å². The Balaban J connectivity index is 1.34. The van der Waals surface area contributed by atoms with Crippen molar-refractivity contribution < 1.29 is 4.79 Å². The van der Waals surface area contributed by atoms with Gasteiger partial charge in [-0.1, -0.05) is 41.9 Å². The number of hydrogen-bond donors (Lipinski definition) is 1. The van der Waals surface area contributed by atoms with Crippen LogP contribution in [0.2, 0.25) is 5.02 Å². The van der Waals surface area contributed by atoms with Gasteiger partial charge in [0.2, 0.25) is 5.91 Å². The van der Waals surface area contributed by atoms with Crippen molar-refractivity contribution in [3.05, 3.63) is 82.9 Å². The summed E-state index contributed by atoms with van der Waals surface area (Å²) in [5.41, 5.74) is 4.07. The van der Waals surface area contributed by atoms with Crippen molar-refractivity contribution >= 4 is 23.2 Å². The highest BCUT2D eigenvalue weighted by molar-refractivity contribution is 6.30. The van der Waals surface area contributed by atoms with E-state index in [9.17, 15) is 4.79 Å². The van der Waals surface area contributed by atoms with Gasteiger partial charge < -0.3 is 14.4 Å². The van der Waals surface area contributed by atoms with Crippen LogP contribution in [0.15, 0.2) is 61.1 Å². The van der Waals surface area contributed by atoms with Gasteiger partial charge in [0, 0.05) is 49.6 Å². The first-order valence-corrected chi connectivity index (χ1v) is 12.5. The third-order valence-electron chi connectivity index (χ3n) is 7.10. The first-order valence-electron chi connectivity index (χ1n) is 12.1. The topological polar surface area (TPSA) is 77.2 Å². The molecular weight excluding hydrogens is 460 g/mol. The van der Waals surface area contributed by atoms with E-state index in [0.717, 1.165) is 55.8 Å². The standard InChI is InChI=1S/C27H29ClN6O/c28-22-5-3-6-23(14-22)34-13-10-21-4-1-2-7-25(21)26(27(34)35)31-16-24-15-30-19-33(24)17-20-8-11-32(18-29)12-9-20/h1-7,14-15,19-20,26,31H,8-13,16-17H2. The molecule has 1 saturated heterocycles. The van der Waals surface area contributed by atoms with E-state index < -0.39 is 6.04 Å². The number of aromatic nitrogens is 2. The number of piperidine rings is 1. The van der Waals surface area contributed by atoms with Crippen LogP contribution in [0.5, 0.6) is 0 Å². The van der Waals surface area contributed by atoms with E-state index in [-0.39, 0.29) is 5.91 Å². The second kappa shape index (κ2) is 10.5. The van der Waals surface area contributed by atoms with Crippen LogP contribution in [0.3, 0.4) is 0 Å². The van der Waals surface area contributed by atoms with Gasteiger partial charge in [-0.3, -0.25) is 10.1 Å². The SMILES string of the molecule is N#CN1CCC(Cn2cncc2CNC2C(=O)N(c3cccc(Cl)c3)CCc3ccccc32)CC1. The van der Waals surface area contributed by atoms with Crippen LogP contribution < -0.4 is 10.2 Å². The average molecular weight is 489 g/mol. The first kappa shape index (κ1) is 23.4. The van der Waals surface area contributed by atoms with Gasteiger partial charge in [-0.2, -0.15) is 5.26 Å². The number of halogens is 1. The molecule has 1 unspecified atom stereocenters. The van der Waals surface area contributed by atoms with Crippen LogP contribution >= 0.6 is 11.6 Å². The Bertz CT molecular complexity index is 1230. The molecule has 180 valence electrons. The van der Waals surface area contributed by atoms with Crippen molar-refractivity contribution in [2.75, 3.05) is 24.5 Å². The van der Waals surface area contributed by atoms with Gasteiger partial charge in [0.05, 0.1) is 12.0 Å². The summed E-state index contributed by atoms with van der Waals surface area (Å²) in [7, 11) is 0. The quantitative estimate of drug-likeness (QED) is 0.527. The maximum absolute atomic E-state index is 13.8. The number of likely N-dealkylation sites (tertiary alicyclic amines) is 1. The number of amides is 1. The number of nitriles is 1. The number of anilines is 1. The molecule has 8 heteroatoms. The lowest BCUT2D eigenvalue weighted by molar-refractivity contribution is -0.120. The summed E-state index contributed by atoms with van der Waals surface area (Å²) in [5.74, 6) is 0.540. The van der Waals surface area contributed by atoms with E-state index in [0.29, 0.717) is 24.0 Å². The minimum absolute atomic E-state index is 0.0205. The zero-order valence-electron chi connectivity index (χ0n) is 19.6. The maximum atomic E-state index is 13.8. The van der Waals surface area contributed by atoms with Crippen LogP contribution in [0.25, 0.3) is 0 Å². The predicted molar refractivity (Wildman–Crippen MR) is 136 cm³/mol. The number of carbonyl (C=O) groups excluding carboxylic acids is 1. The van der Waals surface area contributed by atoms with Gasteiger partial charge in [0.25, 0.3) is 0 Å². The largest absolute Gasteiger partial charge is 0.333 e. The Morgan fingerprint density at radius 2 is 1.94 bits per heavy atom. The van der Waals surface area contributed by atoms with Crippen LogP contribution in [-0.2, 0) is 24.3 Å². The number of nitrogens with one attached hydrogen (secondary N) is 1. The van der Waals surface area contributed by atoms with Crippen LogP contribution in [0.4, 0.5) is 5.69 Å². The number of fused-ring (bicyclic) bond motifs is 1. The number of nitrogens with zero attached hydrogens (tertiary/aromatic N) is 5. The number of hydrogen-bond acceptors (Lipinski definition) is 5. The molecule has 2 aliphatic heterocycles. The Morgan fingerprint density at radius 3 is 2.74 bits per heavy atom. The van der Waals surface area contributed by atoms with E-state index in [1.165, 1.54) is 5.56 Å². The lowest BCUT2D eigenvalue weighted by Gasteiger charge is -2.29. The summed E-state index contributed by atoms with van der Waals surface area (Å²) in [5, 5.41) is 13.3.